The summed E-state index contributed by atoms with van der Waals surface area (Å²) in [7, 11) is -3.60. The van der Waals surface area contributed by atoms with E-state index in [-0.39, 0.29) is 11.3 Å². The van der Waals surface area contributed by atoms with Crippen LogP contribution < -0.4 is 0 Å². The zero-order valence-corrected chi connectivity index (χ0v) is 13.6. The number of halogens is 2. The van der Waals surface area contributed by atoms with Crippen molar-refractivity contribution >= 4 is 54.0 Å². The fraction of sp³-hybridized carbons (Fsp3) is 0.333. The molecular weight excluding hydrogens is 441 g/mol. The average Bonchev–Trinajstić information content (AvgIpc) is 2.26. The number of rotatable bonds is 4. The van der Waals surface area contributed by atoms with Gasteiger partial charge in [0.05, 0.1) is 4.92 Å². The smallest absolute Gasteiger partial charge is 0.269 e. The number of aliphatic hydroxyl groups excluding tert-OH is 1. The fourth-order valence-corrected chi connectivity index (χ4v) is 2.37. The lowest BCUT2D eigenvalue weighted by atomic mass is 10.1. The number of nitro groups is 1. The van der Waals surface area contributed by atoms with Crippen LogP contribution in [0, 0.1) is 10.1 Å². The van der Waals surface area contributed by atoms with Crippen LogP contribution in [0.4, 0.5) is 5.69 Å². The van der Waals surface area contributed by atoms with Crippen LogP contribution in [-0.2, 0) is 9.84 Å². The van der Waals surface area contributed by atoms with Gasteiger partial charge in [-0.2, -0.15) is 0 Å². The van der Waals surface area contributed by atoms with E-state index in [2.05, 4.69) is 15.9 Å². The third kappa shape index (κ3) is 3.19. The average molecular weight is 450 g/mol. The molecule has 0 bridgehead atoms. The van der Waals surface area contributed by atoms with Crippen LogP contribution >= 0.6 is 38.5 Å². The summed E-state index contributed by atoms with van der Waals surface area (Å²) in [5.41, 5.74) is -0.0550. The van der Waals surface area contributed by atoms with Gasteiger partial charge in [0, 0.05) is 18.4 Å². The second-order valence-electron chi connectivity index (χ2n) is 3.59. The quantitative estimate of drug-likeness (QED) is 0.328. The number of non-ortho nitro benzene ring substituents is 1. The van der Waals surface area contributed by atoms with E-state index in [0.29, 0.717) is 0 Å². The minimum absolute atomic E-state index is 0.154. The van der Waals surface area contributed by atoms with E-state index in [1.165, 1.54) is 18.2 Å². The topological polar surface area (TPSA) is 97.5 Å². The molecule has 1 N–H and O–H groups in total. The standard InChI is InChI=1S/C9H9BrINO5S/c1-18(16,17)9(10,11)8(13)6-3-2-4-7(5-6)12(14)15/h2-5,8,13H,1H3. The Morgan fingerprint density at radius 2 is 2.11 bits per heavy atom. The minimum Gasteiger partial charge on any atom is -0.385 e. The second-order valence-corrected chi connectivity index (χ2v) is 11.5. The number of nitro benzene ring substituents is 1. The van der Waals surface area contributed by atoms with Crippen LogP contribution in [0.3, 0.4) is 0 Å². The van der Waals surface area contributed by atoms with E-state index >= 15 is 0 Å². The molecule has 2 atom stereocenters. The Balaban J connectivity index is 3.23. The first-order chi connectivity index (χ1) is 8.07. The Labute approximate surface area is 126 Å². The SMILES string of the molecule is CS(=O)(=O)C(Br)(I)C(O)c1cccc([N+](=O)[O-])c1. The molecule has 0 radical (unpaired) electrons. The number of sulfone groups is 1. The summed E-state index contributed by atoms with van der Waals surface area (Å²) in [5.74, 6) is 0. The molecule has 0 saturated carbocycles. The van der Waals surface area contributed by atoms with Gasteiger partial charge in [0.2, 0.25) is 1.66 Å². The summed E-state index contributed by atoms with van der Waals surface area (Å²) in [6.45, 7) is 0. The maximum atomic E-state index is 11.5. The zero-order valence-electron chi connectivity index (χ0n) is 9.08. The van der Waals surface area contributed by atoms with Crippen molar-refractivity contribution in [2.24, 2.45) is 0 Å². The van der Waals surface area contributed by atoms with Gasteiger partial charge in [-0.15, -0.1) is 0 Å². The van der Waals surface area contributed by atoms with Crippen molar-refractivity contribution in [1.82, 2.24) is 0 Å². The first-order valence-electron chi connectivity index (χ1n) is 4.57. The molecule has 0 aliphatic carbocycles. The summed E-state index contributed by atoms with van der Waals surface area (Å²) < 4.78 is 21.4. The van der Waals surface area contributed by atoms with Crippen molar-refractivity contribution in [3.8, 4) is 0 Å². The Hall–Kier alpha value is -0.260. The maximum absolute atomic E-state index is 11.5. The van der Waals surface area contributed by atoms with Gasteiger partial charge in [0.1, 0.15) is 6.10 Å². The van der Waals surface area contributed by atoms with Crippen molar-refractivity contribution in [3.63, 3.8) is 0 Å². The normalized spacial score (nSPS) is 16.9. The first kappa shape index (κ1) is 15.8. The van der Waals surface area contributed by atoms with Crippen LogP contribution in [0.5, 0.6) is 0 Å². The molecule has 9 heteroatoms. The third-order valence-corrected chi connectivity index (χ3v) is 8.61. The van der Waals surface area contributed by atoms with Gasteiger partial charge in [-0.3, -0.25) is 10.1 Å². The third-order valence-electron chi connectivity index (χ3n) is 2.21. The molecule has 0 saturated heterocycles. The van der Waals surface area contributed by atoms with Gasteiger partial charge in [0.15, 0.2) is 9.84 Å². The molecule has 1 aromatic rings. The van der Waals surface area contributed by atoms with E-state index in [1.807, 2.05) is 0 Å². The van der Waals surface area contributed by atoms with Gasteiger partial charge in [-0.25, -0.2) is 8.42 Å². The monoisotopic (exact) mass is 449 g/mol. The van der Waals surface area contributed by atoms with Gasteiger partial charge >= 0.3 is 0 Å². The summed E-state index contributed by atoms with van der Waals surface area (Å²) in [6.07, 6.45) is -0.456. The molecule has 1 rings (SSSR count). The molecule has 18 heavy (non-hydrogen) atoms. The fourth-order valence-electron chi connectivity index (χ4n) is 1.21. The Morgan fingerprint density at radius 1 is 1.56 bits per heavy atom. The molecule has 6 nitrogen and oxygen atoms in total. The van der Waals surface area contributed by atoms with Gasteiger partial charge in [-0.1, -0.05) is 28.1 Å². The number of hydrogen-bond donors (Lipinski definition) is 1. The zero-order chi connectivity index (χ0) is 14.1. The van der Waals surface area contributed by atoms with Crippen LogP contribution in [-0.4, -0.2) is 26.4 Å². The van der Waals surface area contributed by atoms with E-state index in [4.69, 9.17) is 0 Å². The second kappa shape index (κ2) is 5.39. The predicted molar refractivity (Wildman–Crippen MR) is 78.6 cm³/mol. The summed E-state index contributed by atoms with van der Waals surface area (Å²) in [4.78, 5) is 10.0. The Kier molecular flexibility index (Phi) is 4.73. The number of alkyl halides is 2. The highest BCUT2D eigenvalue weighted by Gasteiger charge is 2.43. The van der Waals surface area contributed by atoms with Crippen LogP contribution in [0.15, 0.2) is 24.3 Å². The molecule has 2 unspecified atom stereocenters. The van der Waals surface area contributed by atoms with Crippen LogP contribution in [0.2, 0.25) is 0 Å². The van der Waals surface area contributed by atoms with Gasteiger partial charge < -0.3 is 5.11 Å². The highest BCUT2D eigenvalue weighted by molar-refractivity contribution is 14.1. The number of benzene rings is 1. The van der Waals surface area contributed by atoms with E-state index < -0.39 is 22.5 Å². The first-order valence-corrected chi connectivity index (χ1v) is 8.33. The Bertz CT molecular complexity index is 574. The van der Waals surface area contributed by atoms with Crippen LogP contribution in [0.1, 0.15) is 11.7 Å². The van der Waals surface area contributed by atoms with Crippen molar-refractivity contribution in [2.75, 3.05) is 6.26 Å². The lowest BCUT2D eigenvalue weighted by molar-refractivity contribution is -0.385. The molecule has 0 aromatic heterocycles. The minimum atomic E-state index is -3.60. The highest BCUT2D eigenvalue weighted by atomic mass is 127. The summed E-state index contributed by atoms with van der Waals surface area (Å²) >= 11 is 4.49. The molecule has 0 spiro atoms. The van der Waals surface area contributed by atoms with E-state index in [0.717, 1.165) is 12.3 Å². The highest BCUT2D eigenvalue weighted by Crippen LogP contribution is 2.44. The molecule has 0 aliphatic heterocycles. The largest absolute Gasteiger partial charge is 0.385 e. The molecule has 0 amide bonds. The lowest BCUT2D eigenvalue weighted by Gasteiger charge is -2.24. The van der Waals surface area contributed by atoms with Crippen LogP contribution in [0.25, 0.3) is 0 Å². The van der Waals surface area contributed by atoms with Crippen molar-refractivity contribution in [2.45, 2.75) is 7.77 Å². The number of aliphatic hydroxyl groups is 1. The number of nitrogens with zero attached hydrogens (tertiary/aromatic N) is 1. The van der Waals surface area contributed by atoms with Crippen molar-refractivity contribution < 1.29 is 18.4 Å². The van der Waals surface area contributed by atoms with E-state index in [1.54, 1.807) is 22.6 Å². The van der Waals surface area contributed by atoms with E-state index in [9.17, 15) is 23.6 Å². The molecular formula is C9H9BrINO5S. The van der Waals surface area contributed by atoms with Gasteiger partial charge in [-0.05, 0) is 28.2 Å². The molecule has 1 aromatic carbocycles. The maximum Gasteiger partial charge on any atom is 0.269 e. The van der Waals surface area contributed by atoms with Crippen molar-refractivity contribution in [3.05, 3.63) is 39.9 Å². The molecule has 100 valence electrons. The van der Waals surface area contributed by atoms with Gasteiger partial charge in [0.25, 0.3) is 5.69 Å². The molecule has 0 heterocycles. The Morgan fingerprint density at radius 3 is 2.56 bits per heavy atom. The molecule has 0 aliphatic rings. The predicted octanol–water partition coefficient (Wildman–Crippen LogP) is 2.16. The van der Waals surface area contributed by atoms with Crippen molar-refractivity contribution in [1.29, 1.82) is 0 Å². The summed E-state index contributed by atoms with van der Waals surface area (Å²) in [5, 5.41) is 20.6. The lowest BCUT2D eigenvalue weighted by Crippen LogP contribution is -2.31. The number of hydrogen-bond acceptors (Lipinski definition) is 5. The summed E-state index contributed by atoms with van der Waals surface area (Å²) in [6, 6.07) is 5.22. The molecule has 0 fully saturated rings.